The van der Waals surface area contributed by atoms with Crippen molar-refractivity contribution in [2.75, 3.05) is 57.5 Å². The van der Waals surface area contributed by atoms with Crippen molar-refractivity contribution in [2.24, 2.45) is 21.5 Å². The van der Waals surface area contributed by atoms with Gasteiger partial charge < -0.3 is 31.5 Å². The van der Waals surface area contributed by atoms with Gasteiger partial charge in [-0.25, -0.2) is 9.79 Å². The predicted octanol–water partition coefficient (Wildman–Crippen LogP) is 1.63. The van der Waals surface area contributed by atoms with E-state index in [-0.39, 0.29) is 17.8 Å². The topological polar surface area (TPSA) is 145 Å². The van der Waals surface area contributed by atoms with E-state index in [1.54, 1.807) is 17.0 Å². The molecule has 1 aliphatic rings. The smallest absolute Gasteiger partial charge is 0.325 e. The van der Waals surface area contributed by atoms with Gasteiger partial charge in [-0.05, 0) is 67.6 Å². The molecule has 11 heteroatoms. The Labute approximate surface area is 222 Å². The Balaban J connectivity index is 1.51. The number of likely N-dealkylation sites (N-methyl/N-ethyl adjacent to an activating group) is 2. The van der Waals surface area contributed by atoms with Gasteiger partial charge in [0.15, 0.2) is 0 Å². The summed E-state index contributed by atoms with van der Waals surface area (Å²) >= 11 is 0. The summed E-state index contributed by atoms with van der Waals surface area (Å²) < 4.78 is 0. The van der Waals surface area contributed by atoms with Crippen LogP contribution in [-0.2, 0) is 4.79 Å². The number of benzene rings is 2. The maximum absolute atomic E-state index is 12.3. The minimum absolute atomic E-state index is 0.0944. The van der Waals surface area contributed by atoms with E-state index < -0.39 is 6.03 Å². The molecular weight excluding hydrogens is 482 g/mol. The largest absolute Gasteiger partial charge is 0.373 e. The molecule has 198 valence electrons. The summed E-state index contributed by atoms with van der Waals surface area (Å²) in [4.78, 5) is 38.0. The zero-order valence-electron chi connectivity index (χ0n) is 21.8. The summed E-state index contributed by atoms with van der Waals surface area (Å²) in [7, 11) is 6.10. The van der Waals surface area contributed by atoms with E-state index in [4.69, 9.17) is 17.9 Å². The highest BCUT2D eigenvalue weighted by Gasteiger charge is 2.19. The molecule has 0 fully saturated rings. The minimum atomic E-state index is -0.581. The number of urea groups is 1. The number of carbonyl (C=O) groups is 2. The van der Waals surface area contributed by atoms with Gasteiger partial charge in [0.05, 0.1) is 5.69 Å². The van der Waals surface area contributed by atoms with E-state index in [2.05, 4.69) is 36.3 Å². The molecule has 2 aromatic carbocycles. The van der Waals surface area contributed by atoms with Crippen molar-refractivity contribution in [1.82, 2.24) is 15.1 Å². The molecule has 0 spiro atoms. The van der Waals surface area contributed by atoms with Crippen LogP contribution >= 0.6 is 0 Å². The number of hydrogen-bond donors (Lipinski definition) is 4. The Morgan fingerprint density at radius 3 is 2.37 bits per heavy atom. The first-order chi connectivity index (χ1) is 18.1. The second-order valence-corrected chi connectivity index (χ2v) is 8.92. The lowest BCUT2D eigenvalue weighted by Crippen LogP contribution is -2.40. The number of hydrogen-bond acceptors (Lipinski definition) is 5. The molecule has 1 aliphatic heterocycles. The minimum Gasteiger partial charge on any atom is -0.373 e. The Morgan fingerprint density at radius 1 is 1.05 bits per heavy atom. The fourth-order valence-corrected chi connectivity index (χ4v) is 3.63. The Kier molecular flexibility index (Phi) is 9.45. The normalized spacial score (nSPS) is 13.7. The fourth-order valence-electron chi connectivity index (χ4n) is 3.63. The SMILES string of the molecule is C#CC(=O)N1CC=C(c2ccc(NC(=O)N/C(N)=N\C(N)=Nc3ccc(N(C)CCN(C)C)cc3)cc2)C1. The van der Waals surface area contributed by atoms with Crippen molar-refractivity contribution in [3.63, 3.8) is 0 Å². The maximum atomic E-state index is 12.3. The lowest BCUT2D eigenvalue weighted by atomic mass is 10.1. The highest BCUT2D eigenvalue weighted by Crippen LogP contribution is 2.23. The van der Waals surface area contributed by atoms with E-state index >= 15 is 0 Å². The van der Waals surface area contributed by atoms with E-state index in [1.807, 2.05) is 63.6 Å². The van der Waals surface area contributed by atoms with Gasteiger partial charge in [-0.15, -0.1) is 6.42 Å². The fraction of sp³-hybridized carbons (Fsp3) is 0.259. The third-order valence-corrected chi connectivity index (χ3v) is 5.74. The molecule has 0 radical (unpaired) electrons. The third kappa shape index (κ3) is 8.11. The van der Waals surface area contributed by atoms with Gasteiger partial charge in [-0.3, -0.25) is 10.1 Å². The summed E-state index contributed by atoms with van der Waals surface area (Å²) in [6, 6.07) is 14.1. The zero-order chi connectivity index (χ0) is 27.7. The van der Waals surface area contributed by atoms with Gasteiger partial charge in [0.25, 0.3) is 5.91 Å². The lowest BCUT2D eigenvalue weighted by Gasteiger charge is -2.21. The van der Waals surface area contributed by atoms with Gasteiger partial charge in [0.2, 0.25) is 11.9 Å². The number of amides is 3. The second-order valence-electron chi connectivity index (χ2n) is 8.92. The molecule has 0 saturated carbocycles. The molecule has 3 rings (SSSR count). The monoisotopic (exact) mass is 515 g/mol. The quantitative estimate of drug-likeness (QED) is 0.251. The molecule has 0 aliphatic carbocycles. The number of carbonyl (C=O) groups excluding carboxylic acids is 2. The summed E-state index contributed by atoms with van der Waals surface area (Å²) in [5.41, 5.74) is 15.8. The summed E-state index contributed by atoms with van der Waals surface area (Å²) in [5.74, 6) is 1.49. The van der Waals surface area contributed by atoms with E-state index in [1.165, 1.54) is 0 Å². The molecule has 11 nitrogen and oxygen atoms in total. The molecule has 0 atom stereocenters. The molecule has 0 bridgehead atoms. The van der Waals surface area contributed by atoms with Crippen molar-refractivity contribution in [3.8, 4) is 12.3 Å². The number of rotatable bonds is 7. The van der Waals surface area contributed by atoms with Crippen molar-refractivity contribution >= 4 is 46.5 Å². The maximum Gasteiger partial charge on any atom is 0.325 e. The molecule has 3 amide bonds. The highest BCUT2D eigenvalue weighted by atomic mass is 16.2. The van der Waals surface area contributed by atoms with Gasteiger partial charge in [0, 0.05) is 44.6 Å². The number of nitrogens with two attached hydrogens (primary N) is 2. The number of anilines is 2. The predicted molar refractivity (Wildman–Crippen MR) is 153 cm³/mol. The van der Waals surface area contributed by atoms with Crippen LogP contribution < -0.4 is 27.0 Å². The summed E-state index contributed by atoms with van der Waals surface area (Å²) in [5, 5.41) is 5.09. The van der Waals surface area contributed by atoms with Crippen molar-refractivity contribution in [2.45, 2.75) is 0 Å². The zero-order valence-corrected chi connectivity index (χ0v) is 21.8. The van der Waals surface area contributed by atoms with Gasteiger partial charge in [-0.2, -0.15) is 4.99 Å². The summed E-state index contributed by atoms with van der Waals surface area (Å²) in [6.07, 6.45) is 7.13. The first-order valence-electron chi connectivity index (χ1n) is 11.9. The van der Waals surface area contributed by atoms with Crippen molar-refractivity contribution < 1.29 is 9.59 Å². The standard InChI is InChI=1S/C27H33N9O2/c1-5-24(37)36-15-14-20(18-36)19-6-8-22(9-7-19)31-27(38)33-26(29)32-25(28)30-21-10-12-23(13-11-21)35(4)17-16-34(2)3/h1,6-14H,15-18H2,2-4H3,(H6,28,29,30,31,32,33,38). The number of guanidine groups is 2. The number of terminal acetylenes is 1. The van der Waals surface area contributed by atoms with Crippen LogP contribution in [0, 0.1) is 12.3 Å². The van der Waals surface area contributed by atoms with Crippen LogP contribution in [0.2, 0.25) is 0 Å². The molecular formula is C27H33N9O2. The molecule has 1 heterocycles. The molecule has 6 N–H and O–H groups in total. The number of aliphatic imine (C=N–C) groups is 2. The molecule has 0 saturated heterocycles. The van der Waals surface area contributed by atoms with Crippen LogP contribution in [0.4, 0.5) is 21.9 Å². The molecule has 38 heavy (non-hydrogen) atoms. The van der Waals surface area contributed by atoms with Crippen molar-refractivity contribution in [3.05, 3.63) is 60.2 Å². The van der Waals surface area contributed by atoms with E-state index in [9.17, 15) is 9.59 Å². The number of nitrogens with zero attached hydrogens (tertiary/aromatic N) is 5. The lowest BCUT2D eigenvalue weighted by molar-refractivity contribution is -0.123. The second kappa shape index (κ2) is 12.9. The summed E-state index contributed by atoms with van der Waals surface area (Å²) in [6.45, 7) is 2.76. The molecule has 2 aromatic rings. The van der Waals surface area contributed by atoms with Crippen LogP contribution in [0.25, 0.3) is 5.57 Å². The molecule has 0 unspecified atom stereocenters. The third-order valence-electron chi connectivity index (χ3n) is 5.74. The average Bonchev–Trinajstić information content (AvgIpc) is 3.37. The first-order valence-corrected chi connectivity index (χ1v) is 11.9. The Morgan fingerprint density at radius 2 is 1.74 bits per heavy atom. The first kappa shape index (κ1) is 27.8. The Hall–Kier alpha value is -4.82. The van der Waals surface area contributed by atoms with Gasteiger partial charge in [0.1, 0.15) is 0 Å². The van der Waals surface area contributed by atoms with Gasteiger partial charge >= 0.3 is 6.03 Å². The van der Waals surface area contributed by atoms with Gasteiger partial charge in [-0.1, -0.05) is 18.2 Å². The van der Waals surface area contributed by atoms with Crippen LogP contribution in [0.15, 0.2) is 64.6 Å². The van der Waals surface area contributed by atoms with Crippen LogP contribution in [0.3, 0.4) is 0 Å². The Bertz CT molecular complexity index is 1270. The molecule has 0 aromatic heterocycles. The highest BCUT2D eigenvalue weighted by molar-refractivity contribution is 6.05. The van der Waals surface area contributed by atoms with E-state index in [0.717, 1.165) is 29.9 Å². The van der Waals surface area contributed by atoms with E-state index in [0.29, 0.717) is 24.5 Å². The number of nitrogens with one attached hydrogen (secondary N) is 2. The van der Waals surface area contributed by atoms with Crippen LogP contribution in [0.5, 0.6) is 0 Å². The van der Waals surface area contributed by atoms with Crippen LogP contribution in [0.1, 0.15) is 5.56 Å². The van der Waals surface area contributed by atoms with Crippen molar-refractivity contribution in [1.29, 1.82) is 0 Å². The average molecular weight is 516 g/mol. The van der Waals surface area contributed by atoms with Crippen LogP contribution in [-0.4, -0.2) is 81.0 Å².